The van der Waals surface area contributed by atoms with Gasteiger partial charge in [-0.2, -0.15) is 0 Å². The van der Waals surface area contributed by atoms with Crippen LogP contribution in [-0.4, -0.2) is 50.3 Å². The molecule has 0 aromatic heterocycles. The maximum atomic E-state index is 5.19. The number of ether oxygens (including phenoxy) is 1. The highest BCUT2D eigenvalue weighted by atomic mass is 16.5. The minimum Gasteiger partial charge on any atom is -0.385 e. The number of hydrogen-bond acceptors (Lipinski definition) is 3. The summed E-state index contributed by atoms with van der Waals surface area (Å²) in [6, 6.07) is 1.40. The molecular formula is C15H32N2O. The van der Waals surface area contributed by atoms with Gasteiger partial charge in [-0.1, -0.05) is 33.6 Å². The Balaban J connectivity index is 2.49. The quantitative estimate of drug-likeness (QED) is 0.675. The molecule has 3 nitrogen and oxygen atoms in total. The van der Waals surface area contributed by atoms with Crippen LogP contribution in [0.4, 0.5) is 0 Å². The molecule has 0 aromatic carbocycles. The van der Waals surface area contributed by atoms with Crippen LogP contribution in [0.1, 0.15) is 46.5 Å². The van der Waals surface area contributed by atoms with E-state index in [2.05, 4.69) is 31.0 Å². The van der Waals surface area contributed by atoms with Crippen molar-refractivity contribution in [3.05, 3.63) is 0 Å². The molecule has 0 aromatic rings. The Kier molecular flexibility index (Phi) is 7.87. The molecule has 0 spiro atoms. The van der Waals surface area contributed by atoms with Gasteiger partial charge in [-0.05, 0) is 18.8 Å². The summed E-state index contributed by atoms with van der Waals surface area (Å²) in [5, 5.41) is 3.73. The summed E-state index contributed by atoms with van der Waals surface area (Å²) in [5.74, 6) is 0.780. The standard InChI is InChI=1S/C15H32N2O/c1-5-8-14-12-17(9-7-10-18-4)15(11-16-14)13(3)6-2/h13-16H,5-12H2,1-4H3. The van der Waals surface area contributed by atoms with Crippen molar-refractivity contribution in [2.45, 2.75) is 58.5 Å². The number of nitrogens with zero attached hydrogens (tertiary/aromatic N) is 1. The molecule has 1 rings (SSSR count). The number of rotatable bonds is 8. The second kappa shape index (κ2) is 8.89. The molecule has 1 N–H and O–H groups in total. The van der Waals surface area contributed by atoms with Crippen molar-refractivity contribution in [1.82, 2.24) is 10.2 Å². The molecule has 3 unspecified atom stereocenters. The molecule has 0 bridgehead atoms. The van der Waals surface area contributed by atoms with Gasteiger partial charge in [0.1, 0.15) is 0 Å². The van der Waals surface area contributed by atoms with E-state index in [0.29, 0.717) is 12.1 Å². The van der Waals surface area contributed by atoms with Gasteiger partial charge < -0.3 is 10.1 Å². The Labute approximate surface area is 113 Å². The third-order valence-electron chi connectivity index (χ3n) is 4.27. The van der Waals surface area contributed by atoms with E-state index < -0.39 is 0 Å². The molecule has 0 amide bonds. The lowest BCUT2D eigenvalue weighted by atomic mass is 9.93. The first-order valence-electron chi connectivity index (χ1n) is 7.69. The van der Waals surface area contributed by atoms with E-state index >= 15 is 0 Å². The lowest BCUT2D eigenvalue weighted by Gasteiger charge is -2.43. The SMILES string of the molecule is CCCC1CN(CCCOC)C(C(C)CC)CN1. The van der Waals surface area contributed by atoms with Gasteiger partial charge in [-0.25, -0.2) is 0 Å². The molecule has 0 aliphatic carbocycles. The summed E-state index contributed by atoms with van der Waals surface area (Å²) in [6.07, 6.45) is 5.00. The van der Waals surface area contributed by atoms with Crippen LogP contribution < -0.4 is 5.32 Å². The van der Waals surface area contributed by atoms with Crippen molar-refractivity contribution in [3.8, 4) is 0 Å². The van der Waals surface area contributed by atoms with Gasteiger partial charge in [0.25, 0.3) is 0 Å². The van der Waals surface area contributed by atoms with Crippen LogP contribution in [0, 0.1) is 5.92 Å². The van der Waals surface area contributed by atoms with Gasteiger partial charge in [-0.15, -0.1) is 0 Å². The van der Waals surface area contributed by atoms with Gasteiger partial charge in [0.2, 0.25) is 0 Å². The molecule has 108 valence electrons. The monoisotopic (exact) mass is 256 g/mol. The third-order valence-corrected chi connectivity index (χ3v) is 4.27. The van der Waals surface area contributed by atoms with Crippen LogP contribution in [0.5, 0.6) is 0 Å². The van der Waals surface area contributed by atoms with E-state index in [0.717, 1.165) is 25.5 Å². The first-order chi connectivity index (χ1) is 8.72. The zero-order valence-corrected chi connectivity index (χ0v) is 12.7. The smallest absolute Gasteiger partial charge is 0.0474 e. The fourth-order valence-electron chi connectivity index (χ4n) is 2.94. The summed E-state index contributed by atoms with van der Waals surface area (Å²) in [5.41, 5.74) is 0. The fraction of sp³-hybridized carbons (Fsp3) is 1.00. The molecule has 1 aliphatic heterocycles. The Morgan fingerprint density at radius 2 is 2.17 bits per heavy atom. The van der Waals surface area contributed by atoms with Crippen molar-refractivity contribution < 1.29 is 4.74 Å². The number of methoxy groups -OCH3 is 1. The molecule has 1 saturated heterocycles. The molecule has 0 radical (unpaired) electrons. The summed E-state index contributed by atoms with van der Waals surface area (Å²) >= 11 is 0. The largest absolute Gasteiger partial charge is 0.385 e. The molecule has 1 heterocycles. The van der Waals surface area contributed by atoms with Crippen LogP contribution in [0.3, 0.4) is 0 Å². The molecule has 1 aliphatic rings. The first kappa shape index (κ1) is 15.9. The molecule has 18 heavy (non-hydrogen) atoms. The van der Waals surface area contributed by atoms with Gasteiger partial charge in [-0.3, -0.25) is 4.90 Å². The Hall–Kier alpha value is -0.120. The number of piperazine rings is 1. The van der Waals surface area contributed by atoms with Gasteiger partial charge in [0.15, 0.2) is 0 Å². The zero-order chi connectivity index (χ0) is 13.4. The molecule has 3 heteroatoms. The van der Waals surface area contributed by atoms with Gasteiger partial charge >= 0.3 is 0 Å². The van der Waals surface area contributed by atoms with Crippen LogP contribution in [0.2, 0.25) is 0 Å². The van der Waals surface area contributed by atoms with Crippen molar-refractivity contribution in [2.24, 2.45) is 5.92 Å². The maximum Gasteiger partial charge on any atom is 0.0474 e. The van der Waals surface area contributed by atoms with E-state index in [9.17, 15) is 0 Å². The van der Waals surface area contributed by atoms with Gasteiger partial charge in [0.05, 0.1) is 0 Å². The molecular weight excluding hydrogens is 224 g/mol. The number of nitrogens with one attached hydrogen (secondary N) is 1. The maximum absolute atomic E-state index is 5.19. The van der Waals surface area contributed by atoms with E-state index in [4.69, 9.17) is 4.74 Å². The Morgan fingerprint density at radius 1 is 1.39 bits per heavy atom. The van der Waals surface area contributed by atoms with Gasteiger partial charge in [0, 0.05) is 45.4 Å². The lowest BCUT2D eigenvalue weighted by molar-refractivity contribution is 0.0772. The van der Waals surface area contributed by atoms with Crippen molar-refractivity contribution in [3.63, 3.8) is 0 Å². The highest BCUT2D eigenvalue weighted by Crippen LogP contribution is 2.19. The van der Waals surface area contributed by atoms with Crippen molar-refractivity contribution in [1.29, 1.82) is 0 Å². The molecule has 3 atom stereocenters. The normalized spacial score (nSPS) is 27.3. The van der Waals surface area contributed by atoms with Crippen molar-refractivity contribution >= 4 is 0 Å². The average molecular weight is 256 g/mol. The van der Waals surface area contributed by atoms with Crippen LogP contribution in [0.15, 0.2) is 0 Å². The van der Waals surface area contributed by atoms with Crippen molar-refractivity contribution in [2.75, 3.05) is 33.4 Å². The van der Waals surface area contributed by atoms with E-state index in [-0.39, 0.29) is 0 Å². The second-order valence-electron chi connectivity index (χ2n) is 5.69. The van der Waals surface area contributed by atoms with Crippen LogP contribution in [-0.2, 0) is 4.74 Å². The fourth-order valence-corrected chi connectivity index (χ4v) is 2.94. The van der Waals surface area contributed by atoms with E-state index in [1.54, 1.807) is 7.11 Å². The van der Waals surface area contributed by atoms with E-state index in [1.165, 1.54) is 32.4 Å². The number of hydrogen-bond donors (Lipinski definition) is 1. The lowest BCUT2D eigenvalue weighted by Crippen LogP contribution is -2.58. The topological polar surface area (TPSA) is 24.5 Å². The first-order valence-corrected chi connectivity index (χ1v) is 7.69. The Morgan fingerprint density at radius 3 is 2.78 bits per heavy atom. The summed E-state index contributed by atoms with van der Waals surface area (Å²) in [7, 11) is 1.80. The third kappa shape index (κ3) is 4.87. The van der Waals surface area contributed by atoms with E-state index in [1.807, 2.05) is 0 Å². The van der Waals surface area contributed by atoms with Crippen LogP contribution in [0.25, 0.3) is 0 Å². The minimum absolute atomic E-state index is 0.692. The van der Waals surface area contributed by atoms with Crippen LogP contribution >= 0.6 is 0 Å². The average Bonchev–Trinajstić information content (AvgIpc) is 2.39. The predicted molar refractivity (Wildman–Crippen MR) is 78.0 cm³/mol. The summed E-state index contributed by atoms with van der Waals surface area (Å²) in [6.45, 7) is 11.4. The summed E-state index contributed by atoms with van der Waals surface area (Å²) in [4.78, 5) is 2.70. The Bertz CT molecular complexity index is 211. The highest BCUT2D eigenvalue weighted by molar-refractivity contribution is 4.88. The molecule has 1 fully saturated rings. The minimum atomic E-state index is 0.692. The summed E-state index contributed by atoms with van der Waals surface area (Å²) < 4.78 is 5.19. The molecule has 0 saturated carbocycles. The zero-order valence-electron chi connectivity index (χ0n) is 12.7. The highest BCUT2D eigenvalue weighted by Gasteiger charge is 2.29. The predicted octanol–water partition coefficient (Wildman–Crippen LogP) is 2.51. The second-order valence-corrected chi connectivity index (χ2v) is 5.69.